The van der Waals surface area contributed by atoms with Gasteiger partial charge in [0.05, 0.1) is 17.2 Å². The number of nitrogens with zero attached hydrogens (tertiary/aromatic N) is 4. The highest BCUT2D eigenvalue weighted by atomic mass is 79.9. The first-order valence-electron chi connectivity index (χ1n) is 16.7. The molecule has 1 atom stereocenters. The molecular formula is C36H50BrFN4O4. The lowest BCUT2D eigenvalue weighted by atomic mass is 9.88. The molecule has 2 aliphatic heterocycles. The maximum atomic E-state index is 14.1. The second kappa shape index (κ2) is 17.7. The number of phenolic OH excluding ortho intramolecular Hbond substituents is 1. The van der Waals surface area contributed by atoms with Crippen molar-refractivity contribution in [1.29, 1.82) is 0 Å². The monoisotopic (exact) mass is 700 g/mol. The lowest BCUT2D eigenvalue weighted by Crippen LogP contribution is -2.48. The van der Waals surface area contributed by atoms with Gasteiger partial charge in [0.25, 0.3) is 11.8 Å². The average molecular weight is 702 g/mol. The number of Topliss-reactive ketones (excluding diaryl/α,β-unsaturated/α-hetero) is 1. The first kappa shape index (κ1) is 37.3. The quantitative estimate of drug-likeness (QED) is 0.189. The minimum atomic E-state index is -0.518. The third-order valence-corrected chi connectivity index (χ3v) is 9.43. The number of pyridine rings is 1. The zero-order valence-corrected chi connectivity index (χ0v) is 29.6. The zero-order valence-electron chi connectivity index (χ0n) is 28.0. The number of phenols is 1. The Morgan fingerprint density at radius 1 is 1.13 bits per heavy atom. The van der Waals surface area contributed by atoms with Crippen LogP contribution in [-0.4, -0.2) is 75.2 Å². The van der Waals surface area contributed by atoms with Gasteiger partial charge in [-0.3, -0.25) is 24.2 Å². The molecule has 1 unspecified atom stereocenters. The molecule has 3 heterocycles. The standard InChI is InChI=1S/C18H27BrFN3.C16H17NO4.C2H6/c1-13(2)23(16-4-3-5-16)12-14-6-8-22(9-7-14)18-17(20)10-15(19)11-21-18;1-3-10(5-6-11(18)4-2)17-15(20)13-8-7-12(19)9-14(13)16(17)21;1-2/h10-11,13-14,16H,3-9,12H2,1-2H3;3,7-10,19H,1,4-6H2,2H3;1-2H3. The minimum absolute atomic E-state index is 0.0620. The summed E-state index contributed by atoms with van der Waals surface area (Å²) in [6.45, 7) is 17.1. The molecule has 3 aliphatic rings. The number of amides is 2. The minimum Gasteiger partial charge on any atom is -0.508 e. The van der Waals surface area contributed by atoms with E-state index < -0.39 is 17.9 Å². The summed E-state index contributed by atoms with van der Waals surface area (Å²) in [4.78, 5) is 46.2. The van der Waals surface area contributed by atoms with Crippen LogP contribution < -0.4 is 4.90 Å². The van der Waals surface area contributed by atoms with Gasteiger partial charge >= 0.3 is 0 Å². The fourth-order valence-electron chi connectivity index (χ4n) is 6.15. The number of piperidine rings is 1. The lowest BCUT2D eigenvalue weighted by molar-refractivity contribution is -0.119. The number of carbonyl (C=O) groups is 3. The van der Waals surface area contributed by atoms with E-state index in [1.54, 1.807) is 13.1 Å². The number of benzene rings is 1. The summed E-state index contributed by atoms with van der Waals surface area (Å²) in [5, 5.41) is 9.44. The largest absolute Gasteiger partial charge is 0.508 e. The number of halogens is 2. The molecule has 1 saturated heterocycles. The molecule has 252 valence electrons. The Kier molecular flexibility index (Phi) is 14.4. The van der Waals surface area contributed by atoms with Crippen molar-refractivity contribution in [1.82, 2.24) is 14.8 Å². The van der Waals surface area contributed by atoms with Crippen molar-refractivity contribution in [3.8, 4) is 5.75 Å². The molecule has 1 aromatic heterocycles. The van der Waals surface area contributed by atoms with Gasteiger partial charge in [-0.2, -0.15) is 0 Å². The van der Waals surface area contributed by atoms with E-state index in [-0.39, 0.29) is 28.5 Å². The molecule has 1 N–H and O–H groups in total. The zero-order chi connectivity index (χ0) is 34.0. The number of aromatic hydroxyl groups is 1. The molecule has 1 saturated carbocycles. The number of fused-ring (bicyclic) bond motifs is 1. The summed E-state index contributed by atoms with van der Waals surface area (Å²) in [7, 11) is 0. The maximum absolute atomic E-state index is 14.1. The van der Waals surface area contributed by atoms with Crippen LogP contribution in [0.2, 0.25) is 0 Å². The van der Waals surface area contributed by atoms with Crippen LogP contribution in [-0.2, 0) is 4.79 Å². The van der Waals surface area contributed by atoms with E-state index in [0.29, 0.717) is 35.6 Å². The lowest BCUT2D eigenvalue weighted by Gasteiger charge is -2.43. The molecule has 1 aromatic carbocycles. The van der Waals surface area contributed by atoms with E-state index in [0.717, 1.165) is 42.8 Å². The number of aromatic nitrogens is 1. The van der Waals surface area contributed by atoms with Crippen molar-refractivity contribution < 1.29 is 23.9 Å². The molecule has 10 heteroatoms. The van der Waals surface area contributed by atoms with Gasteiger partial charge in [-0.15, -0.1) is 6.58 Å². The van der Waals surface area contributed by atoms with E-state index in [1.807, 2.05) is 13.8 Å². The summed E-state index contributed by atoms with van der Waals surface area (Å²) in [6, 6.07) is 6.51. The van der Waals surface area contributed by atoms with Crippen molar-refractivity contribution in [2.24, 2.45) is 5.92 Å². The SMILES string of the molecule is C=CC(CCC(=O)CC)N1C(=O)c2ccc(O)cc2C1=O.CC.CC(C)N(CC1CCN(c2ncc(Br)cc2F)CC1)C1CCC1. The van der Waals surface area contributed by atoms with E-state index in [9.17, 15) is 23.9 Å². The van der Waals surface area contributed by atoms with Crippen molar-refractivity contribution in [3.05, 3.63) is 64.5 Å². The van der Waals surface area contributed by atoms with Gasteiger partial charge in [-0.05, 0) is 92.1 Å². The van der Waals surface area contributed by atoms with Gasteiger partial charge in [0, 0.05) is 55.2 Å². The van der Waals surface area contributed by atoms with Gasteiger partial charge in [0.1, 0.15) is 11.5 Å². The number of hydrogen-bond acceptors (Lipinski definition) is 7. The van der Waals surface area contributed by atoms with Crippen molar-refractivity contribution >= 4 is 39.3 Å². The maximum Gasteiger partial charge on any atom is 0.262 e. The molecular weight excluding hydrogens is 651 g/mol. The van der Waals surface area contributed by atoms with E-state index >= 15 is 0 Å². The topological polar surface area (TPSA) is 94.0 Å². The average Bonchev–Trinajstić information content (AvgIpc) is 3.26. The second-order valence-corrected chi connectivity index (χ2v) is 13.1. The molecule has 0 bridgehead atoms. The van der Waals surface area contributed by atoms with Crippen molar-refractivity contribution in [2.75, 3.05) is 24.5 Å². The third kappa shape index (κ3) is 9.25. The molecule has 2 amide bonds. The summed E-state index contributed by atoms with van der Waals surface area (Å²) in [6.07, 6.45) is 10.7. The van der Waals surface area contributed by atoms with Crippen LogP contribution in [0, 0.1) is 11.7 Å². The Morgan fingerprint density at radius 3 is 2.33 bits per heavy atom. The number of carbonyl (C=O) groups excluding carboxylic acids is 3. The van der Waals surface area contributed by atoms with Crippen LogP contribution >= 0.6 is 15.9 Å². The Bertz CT molecular complexity index is 1360. The first-order valence-corrected chi connectivity index (χ1v) is 17.5. The third-order valence-electron chi connectivity index (χ3n) is 9.00. The number of anilines is 1. The van der Waals surface area contributed by atoms with Crippen LogP contribution in [0.15, 0.2) is 47.6 Å². The molecule has 5 rings (SSSR count). The number of imide groups is 1. The summed E-state index contributed by atoms with van der Waals surface area (Å²) in [5.74, 6) is 0.156. The number of rotatable bonds is 11. The highest BCUT2D eigenvalue weighted by molar-refractivity contribution is 9.10. The fraction of sp³-hybridized carbons (Fsp3) is 0.556. The van der Waals surface area contributed by atoms with Gasteiger partial charge in [-0.25, -0.2) is 9.37 Å². The van der Waals surface area contributed by atoms with Gasteiger partial charge in [0.15, 0.2) is 11.6 Å². The van der Waals surface area contributed by atoms with Crippen molar-refractivity contribution in [2.45, 2.75) is 104 Å². The number of hydrogen-bond donors (Lipinski definition) is 1. The second-order valence-electron chi connectivity index (χ2n) is 12.2. The Hall–Kier alpha value is -3.11. The fourth-order valence-corrected chi connectivity index (χ4v) is 6.46. The molecule has 1 aliphatic carbocycles. The molecule has 46 heavy (non-hydrogen) atoms. The summed E-state index contributed by atoms with van der Waals surface area (Å²) in [5.41, 5.74) is 0.458. The van der Waals surface area contributed by atoms with Gasteiger partial charge in [0.2, 0.25) is 0 Å². The van der Waals surface area contributed by atoms with Crippen molar-refractivity contribution in [3.63, 3.8) is 0 Å². The van der Waals surface area contributed by atoms with Gasteiger partial charge < -0.3 is 10.0 Å². The van der Waals surface area contributed by atoms with E-state index in [2.05, 4.69) is 51.1 Å². The highest BCUT2D eigenvalue weighted by Gasteiger charge is 2.39. The van der Waals surface area contributed by atoms with E-state index in [1.165, 1.54) is 56.1 Å². The Morgan fingerprint density at radius 2 is 1.78 bits per heavy atom. The van der Waals surface area contributed by atoms with Crippen LogP contribution in [0.25, 0.3) is 0 Å². The summed E-state index contributed by atoms with van der Waals surface area (Å²) < 4.78 is 14.8. The van der Waals surface area contributed by atoms with Crippen LogP contribution in [0.5, 0.6) is 5.75 Å². The number of ketones is 1. The first-order chi connectivity index (χ1) is 22.0. The van der Waals surface area contributed by atoms with Gasteiger partial charge in [-0.1, -0.05) is 33.3 Å². The molecule has 2 aromatic rings. The summed E-state index contributed by atoms with van der Waals surface area (Å²) >= 11 is 3.27. The predicted molar refractivity (Wildman–Crippen MR) is 185 cm³/mol. The van der Waals surface area contributed by atoms with Crippen LogP contribution in [0.1, 0.15) is 107 Å². The van der Waals surface area contributed by atoms with E-state index in [4.69, 9.17) is 0 Å². The highest BCUT2D eigenvalue weighted by Crippen LogP contribution is 2.31. The normalized spacial score (nSPS) is 17.2. The molecule has 0 radical (unpaired) electrons. The molecule has 8 nitrogen and oxygen atoms in total. The Labute approximate surface area is 282 Å². The predicted octanol–water partition coefficient (Wildman–Crippen LogP) is 7.79. The molecule has 0 spiro atoms. The smallest absolute Gasteiger partial charge is 0.262 e. The van der Waals surface area contributed by atoms with Crippen LogP contribution in [0.4, 0.5) is 10.2 Å². The molecule has 2 fully saturated rings. The Balaban J connectivity index is 0.000000239. The van der Waals surface area contributed by atoms with Crippen LogP contribution in [0.3, 0.4) is 0 Å².